The van der Waals surface area contributed by atoms with Crippen LogP contribution in [-0.4, -0.2) is 11.9 Å². The lowest BCUT2D eigenvalue weighted by Gasteiger charge is -2.49. The molecule has 0 bridgehead atoms. The average Bonchev–Trinajstić information content (AvgIpc) is 2.31. The first-order valence-corrected chi connectivity index (χ1v) is 5.48. The third-order valence-corrected chi connectivity index (χ3v) is 3.33. The van der Waals surface area contributed by atoms with Crippen molar-refractivity contribution in [1.82, 2.24) is 0 Å². The SMILES string of the molecule is C=CCC1(C(=O)[O-])C=CC=CC1(CC=C)C(=O)[O-]. The maximum Gasteiger partial charge on any atom is 0.0530 e. The predicted molar refractivity (Wildman–Crippen MR) is 62.8 cm³/mol. The van der Waals surface area contributed by atoms with Crippen molar-refractivity contribution in [3.05, 3.63) is 49.6 Å². The van der Waals surface area contributed by atoms with Crippen LogP contribution >= 0.6 is 0 Å². The van der Waals surface area contributed by atoms with Crippen molar-refractivity contribution in [3.63, 3.8) is 0 Å². The van der Waals surface area contributed by atoms with Gasteiger partial charge in [-0.1, -0.05) is 36.5 Å². The Bertz CT molecular complexity index is 405. The minimum absolute atomic E-state index is 0.0575. The van der Waals surface area contributed by atoms with E-state index in [-0.39, 0.29) is 12.8 Å². The van der Waals surface area contributed by atoms with Crippen LogP contribution in [0.5, 0.6) is 0 Å². The maximum absolute atomic E-state index is 11.5. The van der Waals surface area contributed by atoms with Crippen molar-refractivity contribution in [1.29, 1.82) is 0 Å². The molecule has 1 aliphatic carbocycles. The molecule has 0 saturated heterocycles. The third kappa shape index (κ3) is 1.79. The summed E-state index contributed by atoms with van der Waals surface area (Å²) in [6, 6.07) is 0. The zero-order valence-electron chi connectivity index (χ0n) is 9.93. The van der Waals surface area contributed by atoms with Crippen LogP contribution in [0.25, 0.3) is 0 Å². The monoisotopic (exact) mass is 246 g/mol. The fraction of sp³-hybridized carbons (Fsp3) is 0.286. The molecule has 2 atom stereocenters. The second kappa shape index (κ2) is 5.04. The second-order valence-electron chi connectivity index (χ2n) is 4.22. The lowest BCUT2D eigenvalue weighted by molar-refractivity contribution is -0.338. The Morgan fingerprint density at radius 1 is 0.944 bits per heavy atom. The molecule has 0 spiro atoms. The molecule has 0 amide bonds. The molecule has 4 nitrogen and oxygen atoms in total. The molecule has 0 radical (unpaired) electrons. The van der Waals surface area contributed by atoms with Crippen LogP contribution < -0.4 is 10.2 Å². The van der Waals surface area contributed by atoms with Gasteiger partial charge in [-0.05, 0) is 12.8 Å². The standard InChI is InChI=1S/C14H16O4/c1-3-7-13(11(15)16)9-5-6-10-14(13,8-4-2)12(17)18/h3-6,9-10H,1-2,7-8H2,(H,15,16)(H,17,18)/p-2. The van der Waals surface area contributed by atoms with Crippen LogP contribution in [0.2, 0.25) is 0 Å². The van der Waals surface area contributed by atoms with E-state index < -0.39 is 22.8 Å². The lowest BCUT2D eigenvalue weighted by atomic mass is 9.58. The molecule has 0 N–H and O–H groups in total. The highest BCUT2D eigenvalue weighted by molar-refractivity contribution is 5.89. The topological polar surface area (TPSA) is 80.3 Å². The first-order chi connectivity index (χ1) is 8.47. The van der Waals surface area contributed by atoms with Crippen molar-refractivity contribution >= 4 is 11.9 Å². The van der Waals surface area contributed by atoms with Crippen molar-refractivity contribution < 1.29 is 19.8 Å². The Kier molecular flexibility index (Phi) is 3.91. The first-order valence-electron chi connectivity index (χ1n) is 5.48. The lowest BCUT2D eigenvalue weighted by Crippen LogP contribution is -2.59. The number of aliphatic carboxylic acids is 2. The molecule has 1 aliphatic rings. The van der Waals surface area contributed by atoms with Gasteiger partial charge in [-0.25, -0.2) is 0 Å². The number of rotatable bonds is 6. The normalized spacial score (nSPS) is 29.8. The van der Waals surface area contributed by atoms with Crippen molar-refractivity contribution in [2.45, 2.75) is 12.8 Å². The van der Waals surface area contributed by atoms with Gasteiger partial charge in [0.2, 0.25) is 0 Å². The molecule has 0 aliphatic heterocycles. The zero-order chi connectivity index (χ0) is 13.8. The van der Waals surface area contributed by atoms with E-state index in [1.165, 1.54) is 36.5 Å². The van der Waals surface area contributed by atoms with Gasteiger partial charge in [-0.3, -0.25) is 0 Å². The molecule has 0 aromatic rings. The molecular formula is C14H14O4-2. The summed E-state index contributed by atoms with van der Waals surface area (Å²) in [6.45, 7) is 6.96. The minimum atomic E-state index is -1.70. The summed E-state index contributed by atoms with van der Waals surface area (Å²) in [4.78, 5) is 23.0. The van der Waals surface area contributed by atoms with Crippen LogP contribution in [0.3, 0.4) is 0 Å². The minimum Gasteiger partial charge on any atom is -0.549 e. The quantitative estimate of drug-likeness (QED) is 0.604. The number of hydrogen-bond donors (Lipinski definition) is 0. The van der Waals surface area contributed by atoms with Gasteiger partial charge in [0.1, 0.15) is 0 Å². The molecule has 96 valence electrons. The summed E-state index contributed by atoms with van der Waals surface area (Å²) >= 11 is 0. The predicted octanol–water partition coefficient (Wildman–Crippen LogP) is -0.263. The summed E-state index contributed by atoms with van der Waals surface area (Å²) < 4.78 is 0. The van der Waals surface area contributed by atoms with E-state index in [1.807, 2.05) is 0 Å². The van der Waals surface area contributed by atoms with Crippen molar-refractivity contribution in [2.75, 3.05) is 0 Å². The fourth-order valence-corrected chi connectivity index (χ4v) is 2.36. The Morgan fingerprint density at radius 3 is 1.50 bits per heavy atom. The highest BCUT2D eigenvalue weighted by Crippen LogP contribution is 2.49. The van der Waals surface area contributed by atoms with Gasteiger partial charge in [0, 0.05) is 10.8 Å². The van der Waals surface area contributed by atoms with Crippen LogP contribution in [-0.2, 0) is 9.59 Å². The van der Waals surface area contributed by atoms with Crippen molar-refractivity contribution in [2.24, 2.45) is 10.8 Å². The third-order valence-electron chi connectivity index (χ3n) is 3.33. The number of carboxylic acids is 2. The van der Waals surface area contributed by atoms with E-state index in [4.69, 9.17) is 0 Å². The van der Waals surface area contributed by atoms with Crippen LogP contribution in [0.4, 0.5) is 0 Å². The summed E-state index contributed by atoms with van der Waals surface area (Å²) in [7, 11) is 0. The van der Waals surface area contributed by atoms with Gasteiger partial charge >= 0.3 is 0 Å². The molecule has 0 fully saturated rings. The van der Waals surface area contributed by atoms with E-state index in [2.05, 4.69) is 13.2 Å². The van der Waals surface area contributed by atoms with Crippen LogP contribution in [0, 0.1) is 10.8 Å². The molecule has 0 heterocycles. The molecule has 0 aromatic carbocycles. The number of hydrogen-bond acceptors (Lipinski definition) is 4. The fourth-order valence-electron chi connectivity index (χ4n) is 2.36. The molecule has 4 heteroatoms. The van der Waals surface area contributed by atoms with E-state index in [9.17, 15) is 19.8 Å². The average molecular weight is 246 g/mol. The number of allylic oxidation sites excluding steroid dienone is 4. The highest BCUT2D eigenvalue weighted by atomic mass is 16.4. The van der Waals surface area contributed by atoms with Gasteiger partial charge in [-0.2, -0.15) is 0 Å². The maximum atomic E-state index is 11.5. The van der Waals surface area contributed by atoms with Gasteiger partial charge in [-0.15, -0.1) is 13.2 Å². The Balaban J connectivity index is 3.51. The molecule has 1 rings (SSSR count). The Morgan fingerprint density at radius 2 is 1.28 bits per heavy atom. The molecule has 18 heavy (non-hydrogen) atoms. The van der Waals surface area contributed by atoms with E-state index in [1.54, 1.807) is 0 Å². The van der Waals surface area contributed by atoms with Gasteiger partial charge in [0.15, 0.2) is 0 Å². The summed E-state index contributed by atoms with van der Waals surface area (Å²) in [5.74, 6) is -2.93. The van der Waals surface area contributed by atoms with Crippen LogP contribution in [0.1, 0.15) is 12.8 Å². The Hall–Kier alpha value is -2.10. The molecular weight excluding hydrogens is 232 g/mol. The van der Waals surface area contributed by atoms with E-state index in [0.717, 1.165) is 0 Å². The van der Waals surface area contributed by atoms with Gasteiger partial charge in [0.05, 0.1) is 11.9 Å². The van der Waals surface area contributed by atoms with E-state index in [0.29, 0.717) is 0 Å². The number of carbonyl (C=O) groups excluding carboxylic acids is 2. The zero-order valence-corrected chi connectivity index (χ0v) is 9.93. The highest BCUT2D eigenvalue weighted by Gasteiger charge is 2.50. The molecule has 0 aromatic heterocycles. The number of carboxylic acid groups (broad SMARTS) is 2. The van der Waals surface area contributed by atoms with E-state index >= 15 is 0 Å². The molecule has 0 saturated carbocycles. The smallest absolute Gasteiger partial charge is 0.0530 e. The molecule has 2 unspecified atom stereocenters. The summed E-state index contributed by atoms with van der Waals surface area (Å²) in [5.41, 5.74) is -3.40. The van der Waals surface area contributed by atoms with Gasteiger partial charge < -0.3 is 19.8 Å². The summed E-state index contributed by atoms with van der Waals surface area (Å²) in [6.07, 6.45) is 8.23. The van der Waals surface area contributed by atoms with Crippen LogP contribution in [0.15, 0.2) is 49.6 Å². The first kappa shape index (κ1) is 14.0. The summed E-state index contributed by atoms with van der Waals surface area (Å²) in [5, 5.41) is 23.0. The largest absolute Gasteiger partial charge is 0.549 e. The second-order valence-corrected chi connectivity index (χ2v) is 4.22. The van der Waals surface area contributed by atoms with Crippen molar-refractivity contribution in [3.8, 4) is 0 Å². The number of carbonyl (C=O) groups is 2. The van der Waals surface area contributed by atoms with Gasteiger partial charge in [0.25, 0.3) is 0 Å². The Labute approximate surface area is 106 Å².